The minimum Gasteiger partial charge on any atom is -0.386 e. The maximum absolute atomic E-state index is 13.1. The van der Waals surface area contributed by atoms with Gasteiger partial charge in [0.1, 0.15) is 0 Å². The van der Waals surface area contributed by atoms with Crippen molar-refractivity contribution in [1.82, 2.24) is 0 Å². The van der Waals surface area contributed by atoms with Crippen molar-refractivity contribution in [2.24, 2.45) is 0 Å². The number of nitro groups is 1. The van der Waals surface area contributed by atoms with Gasteiger partial charge in [0.2, 0.25) is 0 Å². The molecule has 9 nitrogen and oxygen atoms in total. The Kier molecular flexibility index (Phi) is 3.21. The summed E-state index contributed by atoms with van der Waals surface area (Å²) in [7, 11) is 0. The highest BCUT2D eigenvalue weighted by molar-refractivity contribution is 6.38. The predicted molar refractivity (Wildman–Crippen MR) is 97.9 cm³/mol. The van der Waals surface area contributed by atoms with Gasteiger partial charge in [0.05, 0.1) is 21.7 Å². The van der Waals surface area contributed by atoms with E-state index in [1.54, 1.807) is 0 Å². The Balaban J connectivity index is 1.74. The number of hydrogen-bond donors (Lipinski definition) is 0. The molecule has 0 saturated heterocycles. The van der Waals surface area contributed by atoms with E-state index in [9.17, 15) is 29.3 Å². The summed E-state index contributed by atoms with van der Waals surface area (Å²) in [6.07, 6.45) is 0. The average Bonchev–Trinajstić information content (AvgIpc) is 2.70. The van der Waals surface area contributed by atoms with Gasteiger partial charge >= 0.3 is 11.9 Å². The Labute approximate surface area is 161 Å². The molecule has 2 aliphatic rings. The molecule has 2 aliphatic heterocycles. The van der Waals surface area contributed by atoms with Gasteiger partial charge in [-0.3, -0.25) is 19.7 Å². The van der Waals surface area contributed by atoms with E-state index < -0.39 is 28.7 Å². The van der Waals surface area contributed by atoms with Crippen molar-refractivity contribution in [2.75, 3.05) is 4.90 Å². The highest BCUT2D eigenvalue weighted by Crippen LogP contribution is 2.38. The zero-order valence-corrected chi connectivity index (χ0v) is 14.4. The van der Waals surface area contributed by atoms with Gasteiger partial charge in [-0.1, -0.05) is 0 Å². The number of amides is 2. The van der Waals surface area contributed by atoms with E-state index in [2.05, 4.69) is 0 Å². The lowest BCUT2D eigenvalue weighted by Gasteiger charge is -2.28. The number of nitrogens with zero attached hydrogens (tertiary/aromatic N) is 2. The summed E-state index contributed by atoms with van der Waals surface area (Å²) in [4.78, 5) is 61.5. The van der Waals surface area contributed by atoms with Gasteiger partial charge in [0.15, 0.2) is 0 Å². The molecule has 0 aromatic heterocycles. The number of non-ortho nitro benzene ring substituents is 1. The number of benzene rings is 3. The maximum Gasteiger partial charge on any atom is 0.346 e. The van der Waals surface area contributed by atoms with Gasteiger partial charge in [0.25, 0.3) is 17.5 Å². The van der Waals surface area contributed by atoms with Crippen LogP contribution in [0.2, 0.25) is 0 Å². The van der Waals surface area contributed by atoms with E-state index >= 15 is 0 Å². The summed E-state index contributed by atoms with van der Waals surface area (Å²) in [6.45, 7) is 0. The van der Waals surface area contributed by atoms with Crippen LogP contribution in [0.25, 0.3) is 10.8 Å². The van der Waals surface area contributed by atoms with Crippen LogP contribution in [-0.2, 0) is 4.74 Å². The molecule has 5 rings (SSSR count). The minimum atomic E-state index is -0.844. The van der Waals surface area contributed by atoms with Crippen LogP contribution in [0.3, 0.4) is 0 Å². The maximum atomic E-state index is 13.1. The Morgan fingerprint density at radius 2 is 1.14 bits per heavy atom. The first kappa shape index (κ1) is 16.8. The van der Waals surface area contributed by atoms with E-state index in [0.717, 1.165) is 4.90 Å². The Morgan fingerprint density at radius 1 is 0.690 bits per heavy atom. The second kappa shape index (κ2) is 5.55. The first-order chi connectivity index (χ1) is 13.9. The molecule has 0 spiro atoms. The van der Waals surface area contributed by atoms with Crippen LogP contribution in [0, 0.1) is 10.1 Å². The predicted octanol–water partition coefficient (Wildman–Crippen LogP) is 2.86. The smallest absolute Gasteiger partial charge is 0.346 e. The number of esters is 2. The monoisotopic (exact) mass is 388 g/mol. The van der Waals surface area contributed by atoms with Crippen LogP contribution in [0.1, 0.15) is 41.4 Å². The van der Waals surface area contributed by atoms with E-state index in [0.29, 0.717) is 0 Å². The molecule has 0 saturated carbocycles. The molecule has 0 N–H and O–H groups in total. The lowest BCUT2D eigenvalue weighted by atomic mass is 9.87. The second-order valence-corrected chi connectivity index (χ2v) is 6.47. The fraction of sp³-hybridized carbons (Fsp3) is 0. The van der Waals surface area contributed by atoms with Gasteiger partial charge in [-0.2, -0.15) is 0 Å². The number of carbonyl (C=O) groups is 4. The summed E-state index contributed by atoms with van der Waals surface area (Å²) in [6, 6.07) is 10.6. The first-order valence-electron chi connectivity index (χ1n) is 8.38. The van der Waals surface area contributed by atoms with Crippen LogP contribution in [0.4, 0.5) is 11.4 Å². The summed E-state index contributed by atoms with van der Waals surface area (Å²) in [5.41, 5.74) is 0.470. The second-order valence-electron chi connectivity index (χ2n) is 6.47. The zero-order valence-electron chi connectivity index (χ0n) is 14.4. The van der Waals surface area contributed by atoms with Crippen molar-refractivity contribution in [1.29, 1.82) is 0 Å². The summed E-state index contributed by atoms with van der Waals surface area (Å²) >= 11 is 0. The lowest BCUT2D eigenvalue weighted by molar-refractivity contribution is -0.384. The third-order valence-corrected chi connectivity index (χ3v) is 4.97. The average molecular weight is 388 g/mol. The van der Waals surface area contributed by atoms with E-state index in [-0.39, 0.29) is 44.4 Å². The fourth-order valence-corrected chi connectivity index (χ4v) is 3.68. The van der Waals surface area contributed by atoms with Crippen molar-refractivity contribution in [2.45, 2.75) is 0 Å². The van der Waals surface area contributed by atoms with E-state index in [4.69, 9.17) is 4.74 Å². The number of cyclic esters (lactones) is 2. The number of nitro benzene ring substituents is 1. The largest absolute Gasteiger partial charge is 0.386 e. The van der Waals surface area contributed by atoms with Crippen LogP contribution < -0.4 is 4.90 Å². The topological polar surface area (TPSA) is 124 Å². The number of ether oxygens (including phenoxy) is 1. The molecule has 3 aromatic carbocycles. The molecular formula is C20H8N2O7. The molecule has 29 heavy (non-hydrogen) atoms. The van der Waals surface area contributed by atoms with Crippen LogP contribution >= 0.6 is 0 Å². The molecule has 0 atom stereocenters. The van der Waals surface area contributed by atoms with Crippen molar-refractivity contribution >= 4 is 45.9 Å². The first-order valence-corrected chi connectivity index (χ1v) is 8.38. The molecular weight excluding hydrogens is 380 g/mol. The highest BCUT2D eigenvalue weighted by Gasteiger charge is 2.38. The molecule has 9 heteroatoms. The van der Waals surface area contributed by atoms with Gasteiger partial charge in [0, 0.05) is 34.0 Å². The minimum absolute atomic E-state index is 0.101. The standard InChI is InChI=1S/C20H8N2O7/c23-17-11-5-7-13-16-14(20(26)29-19(13)25)8-6-12(15(11)16)18(24)21(17)9-1-3-10(4-2-9)22(27)28/h1-8H. The van der Waals surface area contributed by atoms with Gasteiger partial charge in [-0.15, -0.1) is 0 Å². The molecule has 0 fully saturated rings. The summed E-state index contributed by atoms with van der Waals surface area (Å²) in [5.74, 6) is -3.01. The quantitative estimate of drug-likeness (QED) is 0.217. The number of hydrogen-bond acceptors (Lipinski definition) is 7. The van der Waals surface area contributed by atoms with E-state index in [1.165, 1.54) is 48.5 Å². The Hall–Kier alpha value is -4.40. The molecule has 0 radical (unpaired) electrons. The number of rotatable bonds is 2. The summed E-state index contributed by atoms with van der Waals surface area (Å²) < 4.78 is 4.70. The molecule has 0 bridgehead atoms. The van der Waals surface area contributed by atoms with Crippen LogP contribution in [0.15, 0.2) is 48.5 Å². The molecule has 0 unspecified atom stereocenters. The lowest BCUT2D eigenvalue weighted by Crippen LogP contribution is -2.41. The van der Waals surface area contributed by atoms with Gasteiger partial charge in [-0.05, 0) is 36.4 Å². The van der Waals surface area contributed by atoms with Crippen LogP contribution in [-0.4, -0.2) is 28.7 Å². The molecule has 2 heterocycles. The molecule has 140 valence electrons. The molecule has 2 amide bonds. The van der Waals surface area contributed by atoms with E-state index in [1.807, 2.05) is 0 Å². The fourth-order valence-electron chi connectivity index (χ4n) is 3.68. The normalized spacial score (nSPS) is 15.0. The Morgan fingerprint density at radius 3 is 1.62 bits per heavy atom. The third-order valence-electron chi connectivity index (χ3n) is 4.97. The number of anilines is 1. The zero-order chi connectivity index (χ0) is 20.4. The van der Waals surface area contributed by atoms with Crippen molar-refractivity contribution in [3.8, 4) is 0 Å². The van der Waals surface area contributed by atoms with Crippen molar-refractivity contribution in [3.63, 3.8) is 0 Å². The summed E-state index contributed by atoms with van der Waals surface area (Å²) in [5, 5.41) is 11.3. The van der Waals surface area contributed by atoms with Gasteiger partial charge in [-0.25, -0.2) is 14.5 Å². The number of carbonyl (C=O) groups excluding carboxylic acids is 4. The van der Waals surface area contributed by atoms with Gasteiger partial charge < -0.3 is 4.74 Å². The Bertz CT molecular complexity index is 1260. The van der Waals surface area contributed by atoms with Crippen molar-refractivity contribution < 1.29 is 28.8 Å². The number of imide groups is 1. The van der Waals surface area contributed by atoms with Crippen LogP contribution in [0.5, 0.6) is 0 Å². The van der Waals surface area contributed by atoms with Crippen molar-refractivity contribution in [3.05, 3.63) is 80.9 Å². The highest BCUT2D eigenvalue weighted by atomic mass is 16.6. The third kappa shape index (κ3) is 2.15. The SMILES string of the molecule is O=C1OC(=O)c2ccc3c4c(ccc1c24)C(=O)N(c1ccc([N+](=O)[O-])cc1)C3=O. The molecule has 0 aliphatic carbocycles. The molecule has 3 aromatic rings.